The first kappa shape index (κ1) is 41.2. The molecule has 2 heteroatoms. The number of carbonyl (C=O) groups excluding carboxylic acids is 1. The molecule has 0 bridgehead atoms. The summed E-state index contributed by atoms with van der Waals surface area (Å²) in [5.74, 6) is 0.0225. The zero-order valence-corrected chi connectivity index (χ0v) is 29.2. The molecule has 250 valence electrons. The van der Waals surface area contributed by atoms with Crippen molar-refractivity contribution in [2.75, 3.05) is 6.61 Å². The topological polar surface area (TPSA) is 26.3 Å². The van der Waals surface area contributed by atoms with Gasteiger partial charge in [0.25, 0.3) is 0 Å². The van der Waals surface area contributed by atoms with E-state index >= 15 is 0 Å². The van der Waals surface area contributed by atoms with Gasteiger partial charge in [-0.3, -0.25) is 4.79 Å². The molecule has 0 amide bonds. The van der Waals surface area contributed by atoms with E-state index in [0.717, 1.165) is 12.8 Å². The molecule has 0 unspecified atom stereocenters. The summed E-state index contributed by atoms with van der Waals surface area (Å²) in [6, 6.07) is 0. The van der Waals surface area contributed by atoms with Crippen LogP contribution in [0.1, 0.15) is 232 Å². The van der Waals surface area contributed by atoms with Crippen LogP contribution >= 0.6 is 0 Å². The standard InChI is InChI=1S/C40H78O2/c1-3-5-7-9-11-13-15-17-19-20-21-22-23-25-27-29-31-33-35-37-39-42-40(41)38-36-34-32-30-28-26-24-18-16-14-12-10-8-6-4-2/h14,16H,3-13,15,17-39H2,1-2H3/b16-14+. The summed E-state index contributed by atoms with van der Waals surface area (Å²) in [7, 11) is 0. The molecule has 0 aromatic rings. The maximum atomic E-state index is 11.9. The largest absolute Gasteiger partial charge is 0.466 e. The quantitative estimate of drug-likeness (QED) is 0.0412. The second-order valence-electron chi connectivity index (χ2n) is 13.3. The van der Waals surface area contributed by atoms with Crippen LogP contribution in [0.4, 0.5) is 0 Å². The Morgan fingerprint density at radius 1 is 0.381 bits per heavy atom. The fourth-order valence-corrected chi connectivity index (χ4v) is 5.96. The van der Waals surface area contributed by atoms with Crippen molar-refractivity contribution in [2.45, 2.75) is 232 Å². The summed E-state index contributed by atoms with van der Waals surface area (Å²) in [6.07, 6.45) is 50.0. The summed E-state index contributed by atoms with van der Waals surface area (Å²) in [6.45, 7) is 5.20. The fourth-order valence-electron chi connectivity index (χ4n) is 5.96. The molecule has 0 heterocycles. The number of hydrogen-bond donors (Lipinski definition) is 0. The van der Waals surface area contributed by atoms with Gasteiger partial charge in [0.15, 0.2) is 0 Å². The zero-order valence-electron chi connectivity index (χ0n) is 29.2. The lowest BCUT2D eigenvalue weighted by Crippen LogP contribution is -2.05. The van der Waals surface area contributed by atoms with Crippen LogP contribution in [0.2, 0.25) is 0 Å². The first-order chi connectivity index (χ1) is 20.8. The third-order valence-electron chi connectivity index (χ3n) is 8.90. The first-order valence-corrected chi connectivity index (χ1v) is 19.6. The Hall–Kier alpha value is -0.790. The lowest BCUT2D eigenvalue weighted by molar-refractivity contribution is -0.143. The van der Waals surface area contributed by atoms with E-state index in [-0.39, 0.29) is 5.97 Å². The summed E-state index contributed by atoms with van der Waals surface area (Å²) < 4.78 is 5.45. The number of carbonyl (C=O) groups is 1. The molecule has 2 nitrogen and oxygen atoms in total. The number of unbranched alkanes of at least 4 members (excludes halogenated alkanes) is 30. The average Bonchev–Trinajstić information content (AvgIpc) is 3.00. The van der Waals surface area contributed by atoms with Gasteiger partial charge in [-0.15, -0.1) is 0 Å². The third-order valence-corrected chi connectivity index (χ3v) is 8.90. The highest BCUT2D eigenvalue weighted by Crippen LogP contribution is 2.15. The molecule has 0 atom stereocenters. The number of allylic oxidation sites excluding steroid dienone is 2. The monoisotopic (exact) mass is 591 g/mol. The van der Waals surface area contributed by atoms with Crippen molar-refractivity contribution in [1.29, 1.82) is 0 Å². The highest BCUT2D eigenvalue weighted by molar-refractivity contribution is 5.69. The van der Waals surface area contributed by atoms with Gasteiger partial charge in [0.2, 0.25) is 0 Å². The summed E-state index contributed by atoms with van der Waals surface area (Å²) in [4.78, 5) is 11.9. The Morgan fingerprint density at radius 3 is 1.05 bits per heavy atom. The van der Waals surface area contributed by atoms with Crippen LogP contribution in [0.5, 0.6) is 0 Å². The van der Waals surface area contributed by atoms with Gasteiger partial charge < -0.3 is 4.74 Å². The molecule has 0 aliphatic heterocycles. The molecule has 0 aliphatic carbocycles. The SMILES string of the molecule is CCCCCC/C=C/CCCCCCCCCC(=O)OCCCCCCCCCCCCCCCCCCCCCC. The van der Waals surface area contributed by atoms with E-state index in [9.17, 15) is 4.79 Å². The molecule has 0 N–H and O–H groups in total. The van der Waals surface area contributed by atoms with Gasteiger partial charge in [0, 0.05) is 6.42 Å². The Labute approximate surface area is 266 Å². The highest BCUT2D eigenvalue weighted by atomic mass is 16.5. The van der Waals surface area contributed by atoms with Crippen molar-refractivity contribution in [3.63, 3.8) is 0 Å². The van der Waals surface area contributed by atoms with Crippen molar-refractivity contribution in [1.82, 2.24) is 0 Å². The predicted octanol–water partition coefficient (Wildman–Crippen LogP) is 14.4. The maximum absolute atomic E-state index is 11.9. The molecule has 0 saturated heterocycles. The zero-order chi connectivity index (χ0) is 30.4. The van der Waals surface area contributed by atoms with Gasteiger partial charge in [0.05, 0.1) is 6.61 Å². The van der Waals surface area contributed by atoms with Gasteiger partial charge in [-0.05, 0) is 38.5 Å². The number of hydrogen-bond acceptors (Lipinski definition) is 2. The minimum Gasteiger partial charge on any atom is -0.466 e. The van der Waals surface area contributed by atoms with Crippen molar-refractivity contribution in [3.05, 3.63) is 12.2 Å². The molecule has 0 aliphatic rings. The fraction of sp³-hybridized carbons (Fsp3) is 0.925. The molecule has 0 spiro atoms. The minimum atomic E-state index is 0.0225. The van der Waals surface area contributed by atoms with Crippen LogP contribution in [-0.4, -0.2) is 12.6 Å². The molecule has 0 aromatic heterocycles. The van der Waals surface area contributed by atoms with E-state index in [1.165, 1.54) is 199 Å². The van der Waals surface area contributed by atoms with Gasteiger partial charge in [-0.2, -0.15) is 0 Å². The van der Waals surface area contributed by atoms with Crippen molar-refractivity contribution in [3.8, 4) is 0 Å². The first-order valence-electron chi connectivity index (χ1n) is 19.6. The summed E-state index contributed by atoms with van der Waals surface area (Å²) in [5.41, 5.74) is 0. The molecular formula is C40H78O2. The van der Waals surface area contributed by atoms with Crippen LogP contribution < -0.4 is 0 Å². The predicted molar refractivity (Wildman–Crippen MR) is 188 cm³/mol. The van der Waals surface area contributed by atoms with Crippen molar-refractivity contribution >= 4 is 5.97 Å². The summed E-state index contributed by atoms with van der Waals surface area (Å²) >= 11 is 0. The van der Waals surface area contributed by atoms with Gasteiger partial charge in [-0.1, -0.05) is 199 Å². The summed E-state index contributed by atoms with van der Waals surface area (Å²) in [5, 5.41) is 0. The van der Waals surface area contributed by atoms with Gasteiger partial charge in [-0.25, -0.2) is 0 Å². The molecule has 0 rings (SSSR count). The Bertz CT molecular complexity index is 526. The molecule has 0 fully saturated rings. The Morgan fingerprint density at radius 2 is 0.667 bits per heavy atom. The second-order valence-corrected chi connectivity index (χ2v) is 13.3. The van der Waals surface area contributed by atoms with E-state index in [4.69, 9.17) is 4.74 Å². The smallest absolute Gasteiger partial charge is 0.305 e. The van der Waals surface area contributed by atoms with E-state index in [2.05, 4.69) is 26.0 Å². The average molecular weight is 591 g/mol. The van der Waals surface area contributed by atoms with E-state index in [1.54, 1.807) is 0 Å². The normalized spacial score (nSPS) is 11.6. The highest BCUT2D eigenvalue weighted by Gasteiger charge is 2.03. The molecular weight excluding hydrogens is 512 g/mol. The number of esters is 1. The Balaban J connectivity index is 3.16. The van der Waals surface area contributed by atoms with Gasteiger partial charge in [0.1, 0.15) is 0 Å². The molecule has 0 aromatic carbocycles. The minimum absolute atomic E-state index is 0.0225. The number of ether oxygens (including phenoxy) is 1. The van der Waals surface area contributed by atoms with Crippen molar-refractivity contribution in [2.24, 2.45) is 0 Å². The second kappa shape index (κ2) is 38.2. The van der Waals surface area contributed by atoms with Crippen LogP contribution in [-0.2, 0) is 9.53 Å². The molecule has 0 radical (unpaired) electrons. The maximum Gasteiger partial charge on any atom is 0.305 e. The van der Waals surface area contributed by atoms with Crippen LogP contribution in [0.25, 0.3) is 0 Å². The Kier molecular flexibility index (Phi) is 37.5. The molecule has 42 heavy (non-hydrogen) atoms. The van der Waals surface area contributed by atoms with E-state index in [0.29, 0.717) is 13.0 Å². The third kappa shape index (κ3) is 37.2. The van der Waals surface area contributed by atoms with Crippen LogP contribution in [0, 0.1) is 0 Å². The lowest BCUT2D eigenvalue weighted by Gasteiger charge is -2.06. The van der Waals surface area contributed by atoms with Crippen LogP contribution in [0.3, 0.4) is 0 Å². The molecule has 0 saturated carbocycles. The lowest BCUT2D eigenvalue weighted by atomic mass is 10.0. The van der Waals surface area contributed by atoms with Crippen LogP contribution in [0.15, 0.2) is 12.2 Å². The number of rotatable bonds is 36. The van der Waals surface area contributed by atoms with Crippen molar-refractivity contribution < 1.29 is 9.53 Å². The van der Waals surface area contributed by atoms with E-state index in [1.807, 2.05) is 0 Å². The van der Waals surface area contributed by atoms with Gasteiger partial charge >= 0.3 is 5.97 Å². The van der Waals surface area contributed by atoms with E-state index < -0.39 is 0 Å².